The first-order chi connectivity index (χ1) is 11.3. The number of amides is 1. The highest BCUT2D eigenvalue weighted by molar-refractivity contribution is 5.86. The van der Waals surface area contributed by atoms with Crippen molar-refractivity contribution >= 4 is 11.9 Å². The number of carbonyl (C=O) groups excluding carboxylic acids is 2. The Bertz CT molecular complexity index is 583. The smallest absolute Gasteiger partial charge is 0.316 e. The fraction of sp³-hybridized carbons (Fsp3) is 0.625. The molecule has 1 amide bonds. The van der Waals surface area contributed by atoms with E-state index in [1.54, 1.807) is 13.8 Å². The van der Waals surface area contributed by atoms with E-state index < -0.39 is 17.4 Å². The molecule has 8 heteroatoms. The predicted octanol–water partition coefficient (Wildman–Crippen LogP) is 1.76. The summed E-state index contributed by atoms with van der Waals surface area (Å²) in [5.74, 6) is -1.32. The summed E-state index contributed by atoms with van der Waals surface area (Å²) < 4.78 is 23.4. The number of ether oxygens (including phenoxy) is 2. The second-order valence-corrected chi connectivity index (χ2v) is 6.35. The van der Waals surface area contributed by atoms with Crippen molar-refractivity contribution in [3.63, 3.8) is 0 Å². The third-order valence-corrected chi connectivity index (χ3v) is 3.82. The molecule has 0 saturated heterocycles. The fourth-order valence-electron chi connectivity index (χ4n) is 2.60. The third kappa shape index (κ3) is 5.14. The minimum absolute atomic E-state index is 0.00122. The van der Waals surface area contributed by atoms with Crippen LogP contribution in [-0.2, 0) is 14.3 Å². The van der Waals surface area contributed by atoms with Crippen molar-refractivity contribution in [3.05, 3.63) is 18.2 Å². The lowest BCUT2D eigenvalue weighted by atomic mass is 9.92. The van der Waals surface area contributed by atoms with Gasteiger partial charge in [0.25, 0.3) is 5.91 Å². The van der Waals surface area contributed by atoms with Crippen LogP contribution in [-0.4, -0.2) is 39.6 Å². The molecule has 1 N–H and O–H groups in total. The highest BCUT2D eigenvalue weighted by atomic mass is 19.1. The number of hydrogen-bond acceptors (Lipinski definition) is 6. The van der Waals surface area contributed by atoms with Crippen LogP contribution in [0.2, 0.25) is 0 Å². The summed E-state index contributed by atoms with van der Waals surface area (Å²) in [7, 11) is 0. The number of aromatic nitrogens is 2. The molecule has 1 saturated carbocycles. The summed E-state index contributed by atoms with van der Waals surface area (Å²) in [5.41, 5.74) is -1.19. The van der Waals surface area contributed by atoms with Crippen LogP contribution in [0, 0.1) is 5.82 Å². The van der Waals surface area contributed by atoms with Gasteiger partial charge in [0.05, 0.1) is 12.4 Å². The van der Waals surface area contributed by atoms with E-state index in [0.717, 1.165) is 38.1 Å². The largest absolute Gasteiger partial charge is 0.460 e. The quantitative estimate of drug-likeness (QED) is 0.822. The molecular weight excluding hydrogens is 317 g/mol. The number of esters is 1. The van der Waals surface area contributed by atoms with Crippen LogP contribution in [0.5, 0.6) is 6.01 Å². The zero-order valence-electron chi connectivity index (χ0n) is 14.0. The molecule has 0 spiro atoms. The lowest BCUT2D eigenvalue weighted by Gasteiger charge is -2.31. The Morgan fingerprint density at radius 2 is 1.79 bits per heavy atom. The monoisotopic (exact) mass is 339 g/mol. The van der Waals surface area contributed by atoms with Crippen LogP contribution < -0.4 is 10.1 Å². The van der Waals surface area contributed by atoms with E-state index in [4.69, 9.17) is 9.47 Å². The Morgan fingerprint density at radius 3 is 2.33 bits per heavy atom. The standard InChI is InChI=1S/C16H22FN3O4/c1-10(21)24-16(2,3)14(22)20-12-4-6-13(7-5-12)23-15-18-8-11(17)9-19-15/h8-9,12-13H,4-7H2,1-3H3,(H,20,22). The SMILES string of the molecule is CC(=O)OC(C)(C)C(=O)NC1CCC(Oc2ncc(F)cn2)CC1. The second kappa shape index (κ2) is 7.55. The van der Waals surface area contributed by atoms with E-state index in [-0.39, 0.29) is 24.1 Å². The van der Waals surface area contributed by atoms with Gasteiger partial charge in [0.1, 0.15) is 6.10 Å². The maximum atomic E-state index is 12.8. The van der Waals surface area contributed by atoms with Crippen LogP contribution in [0.1, 0.15) is 46.5 Å². The van der Waals surface area contributed by atoms with E-state index >= 15 is 0 Å². The molecule has 0 aliphatic heterocycles. The topological polar surface area (TPSA) is 90.4 Å². The molecule has 1 aliphatic carbocycles. The van der Waals surface area contributed by atoms with E-state index in [2.05, 4.69) is 15.3 Å². The molecule has 0 atom stereocenters. The first kappa shape index (κ1) is 18.1. The highest BCUT2D eigenvalue weighted by Gasteiger charge is 2.33. The first-order valence-corrected chi connectivity index (χ1v) is 7.91. The van der Waals surface area contributed by atoms with E-state index in [1.807, 2.05) is 0 Å². The summed E-state index contributed by atoms with van der Waals surface area (Å²) in [6, 6.07) is 0.154. The average Bonchev–Trinajstić information content (AvgIpc) is 2.50. The Hall–Kier alpha value is -2.25. The molecule has 0 unspecified atom stereocenters. The molecule has 1 fully saturated rings. The third-order valence-electron chi connectivity index (χ3n) is 3.82. The van der Waals surface area contributed by atoms with Crippen molar-refractivity contribution in [2.45, 2.75) is 64.2 Å². The lowest BCUT2D eigenvalue weighted by molar-refractivity contribution is -0.163. The van der Waals surface area contributed by atoms with Crippen molar-refractivity contribution in [2.24, 2.45) is 0 Å². The Kier molecular flexibility index (Phi) is 5.69. The van der Waals surface area contributed by atoms with E-state index in [0.29, 0.717) is 0 Å². The number of nitrogens with zero attached hydrogens (tertiary/aromatic N) is 2. The van der Waals surface area contributed by atoms with Gasteiger partial charge in [0.2, 0.25) is 0 Å². The van der Waals surface area contributed by atoms with Crippen LogP contribution in [0.15, 0.2) is 12.4 Å². The number of carbonyl (C=O) groups is 2. The van der Waals surface area contributed by atoms with Crippen molar-refractivity contribution in [3.8, 4) is 6.01 Å². The number of nitrogens with one attached hydrogen (secondary N) is 1. The molecule has 2 rings (SSSR count). The van der Waals surface area contributed by atoms with Gasteiger partial charge in [-0.1, -0.05) is 0 Å². The van der Waals surface area contributed by atoms with Crippen LogP contribution in [0.25, 0.3) is 0 Å². The zero-order valence-corrected chi connectivity index (χ0v) is 14.0. The van der Waals surface area contributed by atoms with Gasteiger partial charge in [-0.3, -0.25) is 9.59 Å². The normalized spacial score (nSPS) is 21.0. The summed E-state index contributed by atoms with van der Waals surface area (Å²) in [6.45, 7) is 4.39. The molecule has 1 aromatic rings. The highest BCUT2D eigenvalue weighted by Crippen LogP contribution is 2.23. The molecular formula is C16H22FN3O4. The average molecular weight is 339 g/mol. The Labute approximate surface area is 140 Å². The van der Waals surface area contributed by atoms with Gasteiger partial charge in [0.15, 0.2) is 11.4 Å². The van der Waals surface area contributed by atoms with Crippen LogP contribution in [0.4, 0.5) is 4.39 Å². The molecule has 1 aliphatic rings. The molecule has 0 aromatic carbocycles. The van der Waals surface area contributed by atoms with Crippen molar-refractivity contribution in [1.29, 1.82) is 0 Å². The zero-order chi connectivity index (χ0) is 17.7. The number of hydrogen-bond donors (Lipinski definition) is 1. The molecule has 0 bridgehead atoms. The summed E-state index contributed by atoms with van der Waals surface area (Å²) in [6.07, 6.45) is 4.96. The maximum absolute atomic E-state index is 12.8. The van der Waals surface area contributed by atoms with Gasteiger partial charge < -0.3 is 14.8 Å². The van der Waals surface area contributed by atoms with Crippen LogP contribution >= 0.6 is 0 Å². The fourth-order valence-corrected chi connectivity index (χ4v) is 2.60. The molecule has 1 heterocycles. The minimum Gasteiger partial charge on any atom is -0.460 e. The van der Waals surface area contributed by atoms with E-state index in [1.165, 1.54) is 6.92 Å². The number of rotatable bonds is 5. The lowest BCUT2D eigenvalue weighted by Crippen LogP contribution is -2.50. The molecule has 0 radical (unpaired) electrons. The van der Waals surface area contributed by atoms with Gasteiger partial charge in [-0.15, -0.1) is 0 Å². The van der Waals surface area contributed by atoms with Gasteiger partial charge in [0, 0.05) is 13.0 Å². The Morgan fingerprint density at radius 1 is 1.21 bits per heavy atom. The maximum Gasteiger partial charge on any atom is 0.316 e. The number of halogens is 1. The molecule has 24 heavy (non-hydrogen) atoms. The first-order valence-electron chi connectivity index (χ1n) is 7.91. The van der Waals surface area contributed by atoms with Crippen LogP contribution in [0.3, 0.4) is 0 Å². The predicted molar refractivity (Wildman–Crippen MR) is 82.6 cm³/mol. The summed E-state index contributed by atoms with van der Waals surface area (Å²) >= 11 is 0. The Balaban J connectivity index is 1.79. The van der Waals surface area contributed by atoms with Crippen molar-refractivity contribution in [2.75, 3.05) is 0 Å². The van der Waals surface area contributed by atoms with Crippen molar-refractivity contribution in [1.82, 2.24) is 15.3 Å². The van der Waals surface area contributed by atoms with Gasteiger partial charge in [-0.2, -0.15) is 0 Å². The summed E-state index contributed by atoms with van der Waals surface area (Å²) in [4.78, 5) is 30.8. The van der Waals surface area contributed by atoms with E-state index in [9.17, 15) is 14.0 Å². The van der Waals surface area contributed by atoms with Crippen molar-refractivity contribution < 1.29 is 23.5 Å². The minimum atomic E-state index is -1.19. The summed E-state index contributed by atoms with van der Waals surface area (Å²) in [5, 5.41) is 2.90. The second-order valence-electron chi connectivity index (χ2n) is 6.35. The molecule has 132 valence electrons. The van der Waals surface area contributed by atoms with Gasteiger partial charge in [-0.25, -0.2) is 14.4 Å². The molecule has 1 aromatic heterocycles. The molecule has 7 nitrogen and oxygen atoms in total. The van der Waals surface area contributed by atoms with Gasteiger partial charge in [-0.05, 0) is 39.5 Å². The van der Waals surface area contributed by atoms with Gasteiger partial charge >= 0.3 is 12.0 Å².